The highest BCUT2D eigenvalue weighted by Gasteiger charge is 2.42. The van der Waals surface area contributed by atoms with E-state index in [1.807, 2.05) is 0 Å². The van der Waals surface area contributed by atoms with Crippen molar-refractivity contribution >= 4 is 0 Å². The van der Waals surface area contributed by atoms with Gasteiger partial charge in [0, 0.05) is 12.6 Å². The largest absolute Gasteiger partial charge is 0.391 e. The Morgan fingerprint density at radius 1 is 1.24 bits per heavy atom. The fourth-order valence-electron chi connectivity index (χ4n) is 2.05. The van der Waals surface area contributed by atoms with Crippen LogP contribution in [0.15, 0.2) is 0 Å². The number of aliphatic hydroxyl groups excluding tert-OH is 1. The smallest absolute Gasteiger partial charge is 0.386 e. The van der Waals surface area contributed by atoms with E-state index in [-0.39, 0.29) is 19.4 Å². The van der Waals surface area contributed by atoms with Crippen molar-refractivity contribution in [2.45, 2.75) is 50.4 Å². The molecule has 1 rings (SSSR count). The summed E-state index contributed by atoms with van der Waals surface area (Å²) in [5, 5.41) is 11.4. The molecule has 0 heterocycles. The van der Waals surface area contributed by atoms with Crippen molar-refractivity contribution in [3.63, 3.8) is 0 Å². The molecule has 1 aliphatic carbocycles. The van der Waals surface area contributed by atoms with Crippen LogP contribution in [-0.4, -0.2) is 36.4 Å². The molecule has 0 aromatic carbocycles. The zero-order valence-corrected chi connectivity index (χ0v) is 9.18. The lowest BCUT2D eigenvalue weighted by atomic mass is 9.85. The van der Waals surface area contributed by atoms with Gasteiger partial charge in [-0.05, 0) is 19.3 Å². The predicted octanol–water partition coefficient (Wildman–Crippen LogP) is 2.32. The number of halogens is 5. The second-order valence-electron chi connectivity index (χ2n) is 4.41. The van der Waals surface area contributed by atoms with Crippen LogP contribution in [0.4, 0.5) is 22.0 Å². The highest BCUT2D eigenvalue weighted by atomic mass is 19.4. The van der Waals surface area contributed by atoms with Gasteiger partial charge in [-0.2, -0.15) is 13.2 Å². The molecule has 2 nitrogen and oxygen atoms in total. The Bertz CT molecular complexity index is 233. The van der Waals surface area contributed by atoms with E-state index >= 15 is 0 Å². The van der Waals surface area contributed by atoms with Gasteiger partial charge in [-0.1, -0.05) is 6.42 Å². The summed E-state index contributed by atoms with van der Waals surface area (Å²) in [6, 6.07) is -0.441. The van der Waals surface area contributed by atoms with E-state index < -0.39 is 30.7 Å². The molecule has 1 fully saturated rings. The first-order valence-corrected chi connectivity index (χ1v) is 5.57. The molecule has 3 unspecified atom stereocenters. The number of hydrogen-bond donors (Lipinski definition) is 2. The van der Waals surface area contributed by atoms with Crippen molar-refractivity contribution in [2.24, 2.45) is 5.92 Å². The summed E-state index contributed by atoms with van der Waals surface area (Å²) in [6.07, 6.45) is -7.96. The lowest BCUT2D eigenvalue weighted by Crippen LogP contribution is -2.43. The second kappa shape index (κ2) is 5.95. The van der Waals surface area contributed by atoms with Crippen molar-refractivity contribution in [1.82, 2.24) is 5.32 Å². The first-order chi connectivity index (χ1) is 7.80. The molecule has 0 radical (unpaired) electrons. The Hall–Kier alpha value is -0.430. The van der Waals surface area contributed by atoms with Crippen LogP contribution in [0.3, 0.4) is 0 Å². The molecule has 0 aromatic rings. The Morgan fingerprint density at radius 2 is 1.88 bits per heavy atom. The maximum absolute atomic E-state index is 12.4. The number of aliphatic hydroxyl groups is 1. The van der Waals surface area contributed by atoms with Gasteiger partial charge in [0.15, 0.2) is 0 Å². The van der Waals surface area contributed by atoms with Crippen LogP contribution >= 0.6 is 0 Å². The van der Waals surface area contributed by atoms with Gasteiger partial charge < -0.3 is 10.4 Å². The summed E-state index contributed by atoms with van der Waals surface area (Å²) in [6.45, 7) is -0.368. The van der Waals surface area contributed by atoms with Gasteiger partial charge in [-0.3, -0.25) is 0 Å². The van der Waals surface area contributed by atoms with Crippen LogP contribution in [-0.2, 0) is 0 Å². The summed E-state index contributed by atoms with van der Waals surface area (Å²) in [5.41, 5.74) is 0. The zero-order chi connectivity index (χ0) is 13.1. The fourth-order valence-corrected chi connectivity index (χ4v) is 2.05. The molecule has 0 bridgehead atoms. The molecule has 2 N–H and O–H groups in total. The van der Waals surface area contributed by atoms with Crippen LogP contribution in [0.1, 0.15) is 25.7 Å². The first kappa shape index (κ1) is 14.6. The Kier molecular flexibility index (Phi) is 5.12. The van der Waals surface area contributed by atoms with E-state index in [2.05, 4.69) is 5.32 Å². The highest BCUT2D eigenvalue weighted by Crippen LogP contribution is 2.37. The summed E-state index contributed by atoms with van der Waals surface area (Å²) >= 11 is 0. The molecule has 0 spiro atoms. The molecule has 0 aliphatic heterocycles. The number of alkyl halides is 5. The highest BCUT2D eigenvalue weighted by molar-refractivity contribution is 4.82. The summed E-state index contributed by atoms with van der Waals surface area (Å²) in [7, 11) is 0. The average Bonchev–Trinajstić information content (AvgIpc) is 2.25. The van der Waals surface area contributed by atoms with E-state index in [4.69, 9.17) is 5.11 Å². The van der Waals surface area contributed by atoms with Crippen LogP contribution in [0.2, 0.25) is 0 Å². The monoisotopic (exact) mass is 261 g/mol. The van der Waals surface area contributed by atoms with Crippen LogP contribution < -0.4 is 5.32 Å². The summed E-state index contributed by atoms with van der Waals surface area (Å²) in [5.74, 6) is -1.36. The standard InChI is InChI=1S/C10H16F5NO/c11-9(12)8(17)5-16-7-3-1-2-6(4-7)10(13,14)15/h6-9,16-17H,1-5H2. The Balaban J connectivity index is 2.35. The number of nitrogens with one attached hydrogen (secondary N) is 1. The lowest BCUT2D eigenvalue weighted by molar-refractivity contribution is -0.183. The van der Waals surface area contributed by atoms with Gasteiger partial charge in [0.05, 0.1) is 5.92 Å². The van der Waals surface area contributed by atoms with E-state index in [1.54, 1.807) is 0 Å². The molecule has 102 valence electrons. The minimum Gasteiger partial charge on any atom is -0.386 e. The van der Waals surface area contributed by atoms with Crippen LogP contribution in [0.5, 0.6) is 0 Å². The van der Waals surface area contributed by atoms with Crippen molar-refractivity contribution in [2.75, 3.05) is 6.54 Å². The molecule has 7 heteroatoms. The van der Waals surface area contributed by atoms with Gasteiger partial charge in [0.1, 0.15) is 6.10 Å². The van der Waals surface area contributed by atoms with Gasteiger partial charge in [0.2, 0.25) is 0 Å². The third kappa shape index (κ3) is 4.75. The molecule has 1 saturated carbocycles. The predicted molar refractivity (Wildman–Crippen MR) is 51.8 cm³/mol. The molecule has 3 atom stereocenters. The average molecular weight is 261 g/mol. The topological polar surface area (TPSA) is 32.3 Å². The normalized spacial score (nSPS) is 28.4. The van der Waals surface area contributed by atoms with Crippen molar-refractivity contribution < 1.29 is 27.1 Å². The van der Waals surface area contributed by atoms with E-state index in [0.717, 1.165) is 0 Å². The molecule has 1 aliphatic rings. The van der Waals surface area contributed by atoms with Gasteiger partial charge in [0.25, 0.3) is 6.43 Å². The quantitative estimate of drug-likeness (QED) is 0.761. The van der Waals surface area contributed by atoms with Crippen LogP contribution in [0, 0.1) is 5.92 Å². The van der Waals surface area contributed by atoms with E-state index in [9.17, 15) is 22.0 Å². The molecule has 0 aromatic heterocycles. The van der Waals surface area contributed by atoms with Crippen molar-refractivity contribution in [1.29, 1.82) is 0 Å². The fraction of sp³-hybridized carbons (Fsp3) is 1.00. The summed E-state index contributed by atoms with van der Waals surface area (Å²) < 4.78 is 61.3. The Morgan fingerprint density at radius 3 is 2.41 bits per heavy atom. The van der Waals surface area contributed by atoms with Gasteiger partial charge in [-0.25, -0.2) is 8.78 Å². The molecule has 17 heavy (non-hydrogen) atoms. The van der Waals surface area contributed by atoms with Crippen LogP contribution in [0.25, 0.3) is 0 Å². The molecular formula is C10H16F5NO. The minimum atomic E-state index is -4.22. The Labute approximate surface area is 96.2 Å². The maximum Gasteiger partial charge on any atom is 0.391 e. The third-order valence-electron chi connectivity index (χ3n) is 3.04. The maximum atomic E-state index is 12.4. The zero-order valence-electron chi connectivity index (χ0n) is 9.18. The van der Waals surface area contributed by atoms with E-state index in [1.165, 1.54) is 0 Å². The summed E-state index contributed by atoms with van der Waals surface area (Å²) in [4.78, 5) is 0. The second-order valence-corrected chi connectivity index (χ2v) is 4.41. The van der Waals surface area contributed by atoms with E-state index in [0.29, 0.717) is 12.8 Å². The van der Waals surface area contributed by atoms with Gasteiger partial charge in [-0.15, -0.1) is 0 Å². The van der Waals surface area contributed by atoms with Gasteiger partial charge >= 0.3 is 6.18 Å². The lowest BCUT2D eigenvalue weighted by Gasteiger charge is -2.31. The van der Waals surface area contributed by atoms with Crippen molar-refractivity contribution in [3.05, 3.63) is 0 Å². The number of hydrogen-bond acceptors (Lipinski definition) is 2. The first-order valence-electron chi connectivity index (χ1n) is 5.57. The molecular weight excluding hydrogens is 245 g/mol. The SMILES string of the molecule is OC(CNC1CCCC(C(F)(F)F)C1)C(F)F. The number of rotatable bonds is 4. The molecule has 0 saturated heterocycles. The minimum absolute atomic E-state index is 0.0963. The third-order valence-corrected chi connectivity index (χ3v) is 3.04. The van der Waals surface area contributed by atoms with Crippen molar-refractivity contribution in [3.8, 4) is 0 Å². The molecule has 0 amide bonds.